The maximum atomic E-state index is 6.11. The van der Waals surface area contributed by atoms with Gasteiger partial charge < -0.3 is 52.6 Å². The summed E-state index contributed by atoms with van der Waals surface area (Å²) in [6, 6.07) is 5.89. The van der Waals surface area contributed by atoms with Gasteiger partial charge in [-0.1, -0.05) is 11.6 Å². The van der Waals surface area contributed by atoms with Crippen molar-refractivity contribution in [2.24, 2.45) is 0 Å². The Morgan fingerprint density at radius 3 is 2.32 bits per heavy atom. The first-order valence-electron chi connectivity index (χ1n) is 7.06. The Labute approximate surface area is 156 Å². The van der Waals surface area contributed by atoms with Crippen molar-refractivity contribution in [3.05, 3.63) is 23.2 Å². The minimum Gasteiger partial charge on any atom is -1.00 e. The van der Waals surface area contributed by atoms with Crippen molar-refractivity contribution in [2.45, 2.75) is 6.42 Å². The molecule has 130 valence electrons. The molecule has 0 amide bonds. The lowest BCUT2D eigenvalue weighted by Gasteiger charge is -2.29. The molecule has 0 atom stereocenters. The predicted molar refractivity (Wildman–Crippen MR) is 76.3 cm³/mol. The van der Waals surface area contributed by atoms with Crippen molar-refractivity contribution < 1.29 is 57.5 Å². The standard InChI is InChI=1S/C14H22ClN3O.3ClH/c1-19-14-4-3-12(15)11-13(14)18-9-7-17(8-10-18)6-2-5-16;;;/h3-4,11H,2,5-10,16H2,1H3;3*1H. The molecule has 0 radical (unpaired) electrons. The number of hydrogen-bond donors (Lipinski definition) is 3. The largest absolute Gasteiger partial charge is 1.00 e. The van der Waals surface area contributed by atoms with E-state index in [1.54, 1.807) is 12.0 Å². The summed E-state index contributed by atoms with van der Waals surface area (Å²) in [5, 5.41) is 0.787. The molecule has 1 heterocycles. The average Bonchev–Trinajstić information content (AvgIpc) is 2.45. The van der Waals surface area contributed by atoms with Gasteiger partial charge in [0.05, 0.1) is 20.2 Å². The summed E-state index contributed by atoms with van der Waals surface area (Å²) in [6.45, 7) is 7.01. The summed E-state index contributed by atoms with van der Waals surface area (Å²) in [7, 11) is 1.72. The fourth-order valence-corrected chi connectivity index (χ4v) is 2.93. The number of rotatable bonds is 5. The van der Waals surface area contributed by atoms with E-state index in [4.69, 9.17) is 16.3 Å². The van der Waals surface area contributed by atoms with Crippen molar-refractivity contribution in [1.29, 1.82) is 0 Å². The highest BCUT2D eigenvalue weighted by molar-refractivity contribution is 6.30. The zero-order chi connectivity index (χ0) is 13.7. The molecule has 8 heteroatoms. The summed E-state index contributed by atoms with van der Waals surface area (Å²) in [5.74, 6) is 0.945. The van der Waals surface area contributed by atoms with Crippen molar-refractivity contribution in [2.75, 3.05) is 46.4 Å². The van der Waals surface area contributed by atoms with Gasteiger partial charge in [0.15, 0.2) is 11.4 Å². The first kappa shape index (κ1) is 24.3. The third-order valence-electron chi connectivity index (χ3n) is 3.88. The molecule has 0 saturated carbocycles. The molecule has 4 nitrogen and oxygen atoms in total. The topological polar surface area (TPSA) is 45.8 Å². The highest BCUT2D eigenvalue weighted by Gasteiger charge is 2.26. The molecule has 5 N–H and O–H groups in total. The van der Waals surface area contributed by atoms with E-state index in [0.29, 0.717) is 0 Å². The van der Waals surface area contributed by atoms with Gasteiger partial charge in [0, 0.05) is 17.5 Å². The summed E-state index contributed by atoms with van der Waals surface area (Å²) >= 11 is 6.11. The Hall–Kier alpha value is 0.0600. The summed E-state index contributed by atoms with van der Waals surface area (Å²) in [4.78, 5) is 3.19. The molecule has 1 saturated heterocycles. The van der Waals surface area contributed by atoms with Crippen LogP contribution in [0.25, 0.3) is 0 Å². The van der Waals surface area contributed by atoms with E-state index in [1.165, 1.54) is 36.6 Å². The highest BCUT2D eigenvalue weighted by atomic mass is 35.5. The smallest absolute Gasteiger partial charge is 0.179 e. The van der Waals surface area contributed by atoms with Crippen LogP contribution in [0.15, 0.2) is 18.2 Å². The Balaban J connectivity index is 0. The molecule has 1 aliphatic rings. The summed E-state index contributed by atoms with van der Waals surface area (Å²) in [6.07, 6.45) is 1.23. The second-order valence-corrected chi connectivity index (χ2v) is 5.59. The first-order valence-corrected chi connectivity index (χ1v) is 7.44. The number of methoxy groups -OCH3 is 1. The molecule has 0 unspecified atom stereocenters. The van der Waals surface area contributed by atoms with E-state index in [2.05, 4.69) is 5.73 Å². The van der Waals surface area contributed by atoms with Crippen LogP contribution in [0.2, 0.25) is 5.02 Å². The van der Waals surface area contributed by atoms with Crippen molar-refractivity contribution in [3.63, 3.8) is 0 Å². The number of hydrogen-bond acceptors (Lipinski definition) is 1. The van der Waals surface area contributed by atoms with Crippen LogP contribution in [-0.2, 0) is 0 Å². The van der Waals surface area contributed by atoms with Crippen LogP contribution in [0.5, 0.6) is 5.75 Å². The minimum absolute atomic E-state index is 0. The van der Waals surface area contributed by atoms with Crippen LogP contribution in [-0.4, -0.2) is 46.4 Å². The zero-order valence-corrected chi connectivity index (χ0v) is 15.8. The fourth-order valence-electron chi connectivity index (χ4n) is 2.76. The maximum Gasteiger partial charge on any atom is 0.179 e. The lowest BCUT2D eigenvalue weighted by Crippen LogP contribution is -3.26. The second kappa shape index (κ2) is 12.5. The molecular weight excluding hydrogens is 368 g/mol. The maximum absolute atomic E-state index is 6.11. The Bertz CT molecular complexity index is 415. The minimum atomic E-state index is 0. The van der Waals surface area contributed by atoms with Crippen molar-refractivity contribution in [3.8, 4) is 5.75 Å². The van der Waals surface area contributed by atoms with E-state index in [1.807, 2.05) is 18.2 Å². The third-order valence-corrected chi connectivity index (χ3v) is 4.12. The van der Waals surface area contributed by atoms with E-state index in [-0.39, 0.29) is 37.2 Å². The Morgan fingerprint density at radius 1 is 1.14 bits per heavy atom. The van der Waals surface area contributed by atoms with Gasteiger partial charge >= 0.3 is 0 Å². The van der Waals surface area contributed by atoms with Crippen molar-refractivity contribution in [1.82, 2.24) is 0 Å². The summed E-state index contributed by atoms with van der Waals surface area (Å²) < 4.78 is 5.45. The van der Waals surface area contributed by atoms with Crippen LogP contribution in [0.4, 0.5) is 5.69 Å². The molecule has 0 bridgehead atoms. The monoisotopic (exact) mass is 391 g/mol. The normalized spacial score (nSPS) is 20.1. The number of halogens is 4. The predicted octanol–water partition coefficient (Wildman–Crippen LogP) is -10.6. The van der Waals surface area contributed by atoms with Crippen LogP contribution >= 0.6 is 11.6 Å². The average molecular weight is 393 g/mol. The molecule has 1 aliphatic heterocycles. The van der Waals surface area contributed by atoms with Crippen LogP contribution < -0.4 is 57.5 Å². The number of piperazine rings is 1. The molecule has 0 spiro atoms. The molecule has 0 aliphatic carbocycles. The van der Waals surface area contributed by atoms with E-state index in [9.17, 15) is 0 Å². The van der Waals surface area contributed by atoms with Gasteiger partial charge in [-0.05, 0) is 12.1 Å². The molecule has 0 aromatic heterocycles. The molecule has 2 rings (SSSR count). The fraction of sp³-hybridized carbons (Fsp3) is 0.571. The SMILES string of the molecule is COc1ccc(Cl)cc1[NH+]1CC[NH+](CCC[NH3+])CC1.[Cl-].[Cl-].[Cl-]. The van der Waals surface area contributed by atoms with Gasteiger partial charge in [0.2, 0.25) is 0 Å². The van der Waals surface area contributed by atoms with Gasteiger partial charge in [0.25, 0.3) is 0 Å². The van der Waals surface area contributed by atoms with E-state index in [0.717, 1.165) is 30.4 Å². The first-order chi connectivity index (χ1) is 9.24. The Morgan fingerprint density at radius 2 is 1.77 bits per heavy atom. The molecule has 22 heavy (non-hydrogen) atoms. The van der Waals surface area contributed by atoms with Crippen molar-refractivity contribution >= 4 is 17.3 Å². The zero-order valence-electron chi connectivity index (χ0n) is 12.8. The lowest BCUT2D eigenvalue weighted by atomic mass is 10.2. The molecular formula is C14H25Cl4N3O. The van der Waals surface area contributed by atoms with E-state index < -0.39 is 0 Å². The van der Waals surface area contributed by atoms with E-state index >= 15 is 0 Å². The van der Waals surface area contributed by atoms with Gasteiger partial charge in [-0.25, -0.2) is 0 Å². The van der Waals surface area contributed by atoms with Crippen LogP contribution in [0.3, 0.4) is 0 Å². The van der Waals surface area contributed by atoms with Gasteiger partial charge in [-0.3, -0.25) is 4.90 Å². The molecule has 1 aromatic carbocycles. The number of nitrogens with one attached hydrogen (secondary N) is 2. The number of benzene rings is 1. The number of quaternary nitrogens is 3. The second-order valence-electron chi connectivity index (χ2n) is 5.16. The highest BCUT2D eigenvalue weighted by Crippen LogP contribution is 2.24. The summed E-state index contributed by atoms with van der Waals surface area (Å²) in [5.41, 5.74) is 5.12. The molecule has 1 fully saturated rings. The lowest BCUT2D eigenvalue weighted by molar-refractivity contribution is -0.986. The van der Waals surface area contributed by atoms with Crippen LogP contribution in [0, 0.1) is 0 Å². The quantitative estimate of drug-likeness (QED) is 0.458. The number of ether oxygens (including phenoxy) is 1. The molecule has 1 aromatic rings. The van der Waals surface area contributed by atoms with Gasteiger partial charge in [-0.2, -0.15) is 0 Å². The Kier molecular flexibility index (Phi) is 13.8. The van der Waals surface area contributed by atoms with Crippen LogP contribution in [0.1, 0.15) is 6.42 Å². The van der Waals surface area contributed by atoms with Gasteiger partial charge in [0.1, 0.15) is 26.2 Å². The third kappa shape index (κ3) is 6.67. The van der Waals surface area contributed by atoms with Gasteiger partial charge in [-0.15, -0.1) is 0 Å².